The lowest BCUT2D eigenvalue weighted by Crippen LogP contribution is -2.36. The summed E-state index contributed by atoms with van der Waals surface area (Å²) < 4.78 is 5.65. The Hall–Kier alpha value is -1.98. The van der Waals surface area contributed by atoms with E-state index in [1.807, 2.05) is 60.9 Å². The van der Waals surface area contributed by atoms with E-state index in [0.29, 0.717) is 13.0 Å². The second kappa shape index (κ2) is 8.46. The molecule has 2 rings (SSSR count). The molecule has 5 heteroatoms. The summed E-state index contributed by atoms with van der Waals surface area (Å²) in [6.45, 7) is 0.404. The van der Waals surface area contributed by atoms with Crippen molar-refractivity contribution >= 4 is 23.4 Å². The van der Waals surface area contributed by atoms with Crippen molar-refractivity contribution in [1.29, 1.82) is 0 Å². The summed E-state index contributed by atoms with van der Waals surface area (Å²) in [6.07, 6.45) is 2.48. The summed E-state index contributed by atoms with van der Waals surface area (Å²) in [6, 6.07) is 16.5. The summed E-state index contributed by atoms with van der Waals surface area (Å²) in [7, 11) is 0. The van der Waals surface area contributed by atoms with E-state index in [1.165, 1.54) is 0 Å². The normalized spacial score (nSPS) is 11.7. The minimum atomic E-state index is -0.594. The molecule has 0 bridgehead atoms. The SMILES string of the molecule is CSc1cccc(OCCC(N)C(=O)Nc2ccccc2)c1. The van der Waals surface area contributed by atoms with E-state index < -0.39 is 6.04 Å². The van der Waals surface area contributed by atoms with Gasteiger partial charge in [0.1, 0.15) is 5.75 Å². The molecule has 1 amide bonds. The van der Waals surface area contributed by atoms with Gasteiger partial charge in [-0.3, -0.25) is 4.79 Å². The summed E-state index contributed by atoms with van der Waals surface area (Å²) >= 11 is 1.66. The van der Waals surface area contributed by atoms with Crippen molar-refractivity contribution in [3.8, 4) is 5.75 Å². The smallest absolute Gasteiger partial charge is 0.241 e. The van der Waals surface area contributed by atoms with Crippen molar-refractivity contribution in [3.63, 3.8) is 0 Å². The number of hydrogen-bond donors (Lipinski definition) is 2. The van der Waals surface area contributed by atoms with Crippen LogP contribution < -0.4 is 15.8 Å². The van der Waals surface area contributed by atoms with E-state index in [4.69, 9.17) is 10.5 Å². The van der Waals surface area contributed by atoms with Gasteiger partial charge in [0.25, 0.3) is 0 Å². The van der Waals surface area contributed by atoms with Crippen molar-refractivity contribution in [1.82, 2.24) is 0 Å². The van der Waals surface area contributed by atoms with Crippen LogP contribution in [0.15, 0.2) is 59.5 Å². The highest BCUT2D eigenvalue weighted by Crippen LogP contribution is 2.20. The van der Waals surface area contributed by atoms with E-state index in [9.17, 15) is 4.79 Å². The number of nitrogens with two attached hydrogens (primary N) is 1. The molecule has 0 aliphatic heterocycles. The van der Waals surface area contributed by atoms with Crippen LogP contribution in [0.2, 0.25) is 0 Å². The first kappa shape index (κ1) is 16.4. The average Bonchev–Trinajstić information content (AvgIpc) is 2.56. The third-order valence-corrected chi connectivity index (χ3v) is 3.84. The lowest BCUT2D eigenvalue weighted by Gasteiger charge is -2.13. The van der Waals surface area contributed by atoms with Gasteiger partial charge in [-0.05, 0) is 36.6 Å². The number of para-hydroxylation sites is 1. The highest BCUT2D eigenvalue weighted by Gasteiger charge is 2.13. The first-order valence-corrected chi connectivity index (χ1v) is 8.30. The van der Waals surface area contributed by atoms with E-state index in [2.05, 4.69) is 5.32 Å². The second-order valence-electron chi connectivity index (χ2n) is 4.78. The summed E-state index contributed by atoms with van der Waals surface area (Å²) in [5, 5.41) is 2.79. The summed E-state index contributed by atoms with van der Waals surface area (Å²) in [5.74, 6) is 0.593. The van der Waals surface area contributed by atoms with E-state index >= 15 is 0 Å². The molecule has 0 aliphatic carbocycles. The van der Waals surface area contributed by atoms with Crippen molar-refractivity contribution in [2.24, 2.45) is 5.73 Å². The molecule has 0 aliphatic rings. The molecule has 0 aromatic heterocycles. The highest BCUT2D eigenvalue weighted by atomic mass is 32.2. The van der Waals surface area contributed by atoms with Gasteiger partial charge in [0.05, 0.1) is 12.6 Å². The van der Waals surface area contributed by atoms with Gasteiger partial charge in [-0.2, -0.15) is 0 Å². The predicted molar refractivity (Wildman–Crippen MR) is 91.4 cm³/mol. The number of nitrogens with one attached hydrogen (secondary N) is 1. The maximum absolute atomic E-state index is 12.0. The minimum absolute atomic E-state index is 0.201. The van der Waals surface area contributed by atoms with Crippen LogP contribution in [0.5, 0.6) is 5.75 Å². The van der Waals surface area contributed by atoms with Crippen LogP contribution in [0.3, 0.4) is 0 Å². The number of anilines is 1. The van der Waals surface area contributed by atoms with Crippen LogP contribution in [0.4, 0.5) is 5.69 Å². The maximum atomic E-state index is 12.0. The second-order valence-corrected chi connectivity index (χ2v) is 5.66. The topological polar surface area (TPSA) is 64.3 Å². The van der Waals surface area contributed by atoms with Crippen molar-refractivity contribution in [2.75, 3.05) is 18.2 Å². The zero-order valence-corrected chi connectivity index (χ0v) is 13.3. The third kappa shape index (κ3) is 5.09. The monoisotopic (exact) mass is 316 g/mol. The average molecular weight is 316 g/mol. The Balaban J connectivity index is 1.77. The molecule has 22 heavy (non-hydrogen) atoms. The largest absolute Gasteiger partial charge is 0.493 e. The van der Waals surface area contributed by atoms with Gasteiger partial charge in [0.2, 0.25) is 5.91 Å². The number of carbonyl (C=O) groups is 1. The predicted octanol–water partition coefficient (Wildman–Crippen LogP) is 3.14. The molecule has 0 fully saturated rings. The van der Waals surface area contributed by atoms with Gasteiger partial charge < -0.3 is 15.8 Å². The lowest BCUT2D eigenvalue weighted by molar-refractivity contribution is -0.117. The fourth-order valence-corrected chi connectivity index (χ4v) is 2.33. The third-order valence-electron chi connectivity index (χ3n) is 3.12. The van der Waals surface area contributed by atoms with Crippen molar-refractivity contribution in [2.45, 2.75) is 17.4 Å². The van der Waals surface area contributed by atoms with E-state index in [-0.39, 0.29) is 5.91 Å². The van der Waals surface area contributed by atoms with Gasteiger partial charge in [0.15, 0.2) is 0 Å². The number of rotatable bonds is 7. The molecule has 2 aromatic rings. The van der Waals surface area contributed by atoms with Crippen LogP contribution in [0, 0.1) is 0 Å². The Morgan fingerprint density at radius 2 is 2.00 bits per heavy atom. The van der Waals surface area contributed by atoms with Gasteiger partial charge in [0, 0.05) is 17.0 Å². The zero-order valence-electron chi connectivity index (χ0n) is 12.5. The van der Waals surface area contributed by atoms with Gasteiger partial charge in [-0.1, -0.05) is 24.3 Å². The molecule has 4 nitrogen and oxygen atoms in total. The Morgan fingerprint density at radius 1 is 1.23 bits per heavy atom. The summed E-state index contributed by atoms with van der Waals surface area (Å²) in [5.41, 5.74) is 6.64. The molecule has 1 atom stereocenters. The molecule has 0 saturated carbocycles. The van der Waals surface area contributed by atoms with Crippen LogP contribution in [0.25, 0.3) is 0 Å². The molecule has 0 saturated heterocycles. The minimum Gasteiger partial charge on any atom is -0.493 e. The molecule has 2 aromatic carbocycles. The molecule has 0 spiro atoms. The fraction of sp³-hybridized carbons (Fsp3) is 0.235. The molecule has 116 valence electrons. The maximum Gasteiger partial charge on any atom is 0.241 e. The molecule has 0 heterocycles. The van der Waals surface area contributed by atoms with Crippen LogP contribution in [-0.2, 0) is 4.79 Å². The molecular formula is C17H20N2O2S. The van der Waals surface area contributed by atoms with Gasteiger partial charge in [-0.15, -0.1) is 11.8 Å². The van der Waals surface area contributed by atoms with E-state index in [0.717, 1.165) is 16.3 Å². The van der Waals surface area contributed by atoms with Crippen LogP contribution in [0.1, 0.15) is 6.42 Å². The van der Waals surface area contributed by atoms with Gasteiger partial charge >= 0.3 is 0 Å². The van der Waals surface area contributed by atoms with Crippen LogP contribution in [-0.4, -0.2) is 24.8 Å². The Kier molecular flexibility index (Phi) is 6.30. The van der Waals surface area contributed by atoms with E-state index in [1.54, 1.807) is 11.8 Å². The standard InChI is InChI=1S/C17H20N2O2S/c1-22-15-9-5-8-14(12-15)21-11-10-16(18)17(20)19-13-6-3-2-4-7-13/h2-9,12,16H,10-11,18H2,1H3,(H,19,20). The van der Waals surface area contributed by atoms with Gasteiger partial charge in [-0.25, -0.2) is 0 Å². The number of hydrogen-bond acceptors (Lipinski definition) is 4. The number of amides is 1. The molecular weight excluding hydrogens is 296 g/mol. The first-order chi connectivity index (χ1) is 10.7. The quantitative estimate of drug-likeness (QED) is 0.770. The molecule has 3 N–H and O–H groups in total. The number of ether oxygens (including phenoxy) is 1. The Morgan fingerprint density at radius 3 is 2.73 bits per heavy atom. The zero-order chi connectivity index (χ0) is 15.8. The lowest BCUT2D eigenvalue weighted by atomic mass is 10.2. The van der Waals surface area contributed by atoms with Crippen LogP contribution >= 0.6 is 11.8 Å². The first-order valence-electron chi connectivity index (χ1n) is 7.07. The van der Waals surface area contributed by atoms with Crippen molar-refractivity contribution < 1.29 is 9.53 Å². The Labute approximate surface area is 135 Å². The number of benzene rings is 2. The number of thioether (sulfide) groups is 1. The molecule has 1 unspecified atom stereocenters. The highest BCUT2D eigenvalue weighted by molar-refractivity contribution is 7.98. The Bertz CT molecular complexity index is 605. The van der Waals surface area contributed by atoms with Crippen molar-refractivity contribution in [3.05, 3.63) is 54.6 Å². The number of carbonyl (C=O) groups excluding carboxylic acids is 1. The fourth-order valence-electron chi connectivity index (χ4n) is 1.88. The molecule has 0 radical (unpaired) electrons. The summed E-state index contributed by atoms with van der Waals surface area (Å²) in [4.78, 5) is 13.1.